The third-order valence-electron chi connectivity index (χ3n) is 2.81. The van der Waals surface area contributed by atoms with Crippen LogP contribution < -0.4 is 10.6 Å². The number of aromatic nitrogens is 1. The minimum absolute atomic E-state index is 0.0749. The van der Waals surface area contributed by atoms with Gasteiger partial charge in [-0.25, -0.2) is 4.98 Å². The molecule has 0 radical (unpaired) electrons. The first-order chi connectivity index (χ1) is 10.3. The van der Waals surface area contributed by atoms with Gasteiger partial charge in [0.2, 0.25) is 5.91 Å². The van der Waals surface area contributed by atoms with E-state index in [2.05, 4.69) is 36.4 Å². The van der Waals surface area contributed by atoms with Gasteiger partial charge in [-0.05, 0) is 18.2 Å². The van der Waals surface area contributed by atoms with Gasteiger partial charge in [-0.3, -0.25) is 9.59 Å². The molecule has 1 aromatic carbocycles. The number of rotatable bonds is 3. The van der Waals surface area contributed by atoms with Crippen LogP contribution in [0.4, 0.5) is 11.4 Å². The van der Waals surface area contributed by atoms with Gasteiger partial charge in [0.1, 0.15) is 4.88 Å². The van der Waals surface area contributed by atoms with Gasteiger partial charge in [0.15, 0.2) is 0 Å². The molecule has 0 spiro atoms. The zero-order chi connectivity index (χ0) is 16.3. The number of hydrogen-bond acceptors (Lipinski definition) is 4. The summed E-state index contributed by atoms with van der Waals surface area (Å²) in [5.74, 6) is -0.353. The lowest BCUT2D eigenvalue weighted by Gasteiger charge is -2.13. The second-order valence-electron chi connectivity index (χ2n) is 6.00. The molecule has 0 aliphatic rings. The van der Waals surface area contributed by atoms with Gasteiger partial charge in [-0.2, -0.15) is 0 Å². The Hall–Kier alpha value is -2.21. The highest BCUT2D eigenvalue weighted by Gasteiger charge is 2.20. The maximum atomic E-state index is 12.3. The third kappa shape index (κ3) is 4.14. The molecule has 2 aromatic rings. The Morgan fingerprint density at radius 3 is 2.32 bits per heavy atom. The maximum Gasteiger partial charge on any atom is 0.267 e. The number of nitrogens with zero attached hydrogens (tertiary/aromatic N) is 1. The molecule has 1 heterocycles. The van der Waals surface area contributed by atoms with Gasteiger partial charge in [0.25, 0.3) is 5.91 Å². The zero-order valence-electron chi connectivity index (χ0n) is 13.1. The SMILES string of the molecule is CC(=O)Nc1cccc(NC(=O)c2cnc(C(C)(C)C)s2)c1. The molecule has 1 aromatic heterocycles. The van der Waals surface area contributed by atoms with E-state index in [1.165, 1.54) is 18.3 Å². The molecule has 0 atom stereocenters. The quantitative estimate of drug-likeness (QED) is 0.907. The number of anilines is 2. The van der Waals surface area contributed by atoms with Gasteiger partial charge in [-0.15, -0.1) is 11.3 Å². The van der Waals surface area contributed by atoms with E-state index in [-0.39, 0.29) is 17.2 Å². The van der Waals surface area contributed by atoms with Gasteiger partial charge >= 0.3 is 0 Å². The number of amides is 2. The second kappa shape index (κ2) is 6.27. The van der Waals surface area contributed by atoms with Crippen LogP contribution in [0.25, 0.3) is 0 Å². The lowest BCUT2D eigenvalue weighted by atomic mass is 9.98. The zero-order valence-corrected chi connectivity index (χ0v) is 13.9. The van der Waals surface area contributed by atoms with E-state index in [4.69, 9.17) is 0 Å². The molecule has 0 saturated heterocycles. The fourth-order valence-corrected chi connectivity index (χ4v) is 2.67. The van der Waals surface area contributed by atoms with Crippen molar-refractivity contribution in [2.45, 2.75) is 33.1 Å². The monoisotopic (exact) mass is 317 g/mol. The summed E-state index contributed by atoms with van der Waals surface area (Å²) in [6.07, 6.45) is 1.60. The van der Waals surface area contributed by atoms with Crippen LogP contribution in [0.1, 0.15) is 42.4 Å². The van der Waals surface area contributed by atoms with Crippen LogP contribution in [0.15, 0.2) is 30.5 Å². The molecule has 22 heavy (non-hydrogen) atoms. The Balaban J connectivity index is 2.12. The Morgan fingerprint density at radius 1 is 1.14 bits per heavy atom. The number of carbonyl (C=O) groups excluding carboxylic acids is 2. The molecule has 116 valence electrons. The highest BCUT2D eigenvalue weighted by atomic mass is 32.1. The minimum Gasteiger partial charge on any atom is -0.326 e. The van der Waals surface area contributed by atoms with E-state index in [9.17, 15) is 9.59 Å². The van der Waals surface area contributed by atoms with Crippen LogP contribution in [0.5, 0.6) is 0 Å². The van der Waals surface area contributed by atoms with E-state index in [0.717, 1.165) is 5.01 Å². The summed E-state index contributed by atoms with van der Waals surface area (Å²) in [7, 11) is 0. The van der Waals surface area contributed by atoms with Crippen molar-refractivity contribution in [3.8, 4) is 0 Å². The summed E-state index contributed by atoms with van der Waals surface area (Å²) in [6.45, 7) is 7.62. The van der Waals surface area contributed by atoms with Crippen molar-refractivity contribution in [3.05, 3.63) is 40.3 Å². The standard InChI is InChI=1S/C16H19N3O2S/c1-10(20)18-11-6-5-7-12(8-11)19-14(21)13-9-17-15(22-13)16(2,3)4/h5-9H,1-4H3,(H,18,20)(H,19,21). The molecule has 0 bridgehead atoms. The fraction of sp³-hybridized carbons (Fsp3) is 0.312. The minimum atomic E-state index is -0.201. The van der Waals surface area contributed by atoms with Crippen molar-refractivity contribution in [2.75, 3.05) is 10.6 Å². The lowest BCUT2D eigenvalue weighted by Crippen LogP contribution is -2.11. The average Bonchev–Trinajstić information content (AvgIpc) is 2.87. The Labute approximate surface area is 133 Å². The van der Waals surface area contributed by atoms with Crippen molar-refractivity contribution in [1.82, 2.24) is 4.98 Å². The lowest BCUT2D eigenvalue weighted by molar-refractivity contribution is -0.114. The Kier molecular flexibility index (Phi) is 4.61. The van der Waals surface area contributed by atoms with Crippen LogP contribution >= 0.6 is 11.3 Å². The molecule has 0 aliphatic heterocycles. The largest absolute Gasteiger partial charge is 0.326 e. The predicted molar refractivity (Wildman–Crippen MR) is 89.5 cm³/mol. The third-order valence-corrected chi connectivity index (χ3v) is 4.23. The van der Waals surface area contributed by atoms with E-state index in [1.807, 2.05) is 0 Å². The van der Waals surface area contributed by atoms with E-state index < -0.39 is 0 Å². The number of hydrogen-bond donors (Lipinski definition) is 2. The summed E-state index contributed by atoms with van der Waals surface area (Å²) >= 11 is 1.39. The van der Waals surface area contributed by atoms with Crippen LogP contribution in [0, 0.1) is 0 Å². The Bertz CT molecular complexity index is 701. The highest BCUT2D eigenvalue weighted by molar-refractivity contribution is 7.13. The molecule has 2 amide bonds. The summed E-state index contributed by atoms with van der Waals surface area (Å²) < 4.78 is 0. The number of thiazole rings is 1. The van der Waals surface area contributed by atoms with Gasteiger partial charge in [0, 0.05) is 23.7 Å². The summed E-state index contributed by atoms with van der Waals surface area (Å²) in [4.78, 5) is 28.2. The van der Waals surface area contributed by atoms with Crippen molar-refractivity contribution in [3.63, 3.8) is 0 Å². The number of carbonyl (C=O) groups is 2. The predicted octanol–water partition coefficient (Wildman–Crippen LogP) is 3.65. The van der Waals surface area contributed by atoms with Crippen molar-refractivity contribution in [2.24, 2.45) is 0 Å². The first-order valence-electron chi connectivity index (χ1n) is 6.91. The molecule has 0 unspecified atom stereocenters. The molecule has 0 aliphatic carbocycles. The van der Waals surface area contributed by atoms with Crippen LogP contribution in [-0.2, 0) is 10.2 Å². The molecule has 0 fully saturated rings. The van der Waals surface area contributed by atoms with Crippen LogP contribution in [0.3, 0.4) is 0 Å². The Morgan fingerprint density at radius 2 is 1.77 bits per heavy atom. The molecular weight excluding hydrogens is 298 g/mol. The van der Waals surface area contributed by atoms with Crippen molar-refractivity contribution < 1.29 is 9.59 Å². The summed E-state index contributed by atoms with van der Waals surface area (Å²) in [5.41, 5.74) is 1.20. The molecule has 5 nitrogen and oxygen atoms in total. The molecular formula is C16H19N3O2S. The van der Waals surface area contributed by atoms with Crippen LogP contribution in [0.2, 0.25) is 0 Å². The fourth-order valence-electron chi connectivity index (χ4n) is 1.80. The number of nitrogens with one attached hydrogen (secondary N) is 2. The number of benzene rings is 1. The topological polar surface area (TPSA) is 71.1 Å². The summed E-state index contributed by atoms with van der Waals surface area (Å²) in [6, 6.07) is 7.02. The molecule has 6 heteroatoms. The normalized spacial score (nSPS) is 11.1. The highest BCUT2D eigenvalue weighted by Crippen LogP contribution is 2.27. The maximum absolute atomic E-state index is 12.3. The first-order valence-corrected chi connectivity index (χ1v) is 7.72. The van der Waals surface area contributed by atoms with Crippen molar-refractivity contribution in [1.29, 1.82) is 0 Å². The van der Waals surface area contributed by atoms with Gasteiger partial charge in [-0.1, -0.05) is 26.8 Å². The van der Waals surface area contributed by atoms with Gasteiger partial charge in [0.05, 0.1) is 11.2 Å². The van der Waals surface area contributed by atoms with Crippen molar-refractivity contribution >= 4 is 34.5 Å². The van der Waals surface area contributed by atoms with Gasteiger partial charge < -0.3 is 10.6 Å². The smallest absolute Gasteiger partial charge is 0.267 e. The van der Waals surface area contributed by atoms with E-state index in [1.54, 1.807) is 30.5 Å². The van der Waals surface area contributed by atoms with E-state index >= 15 is 0 Å². The molecule has 2 N–H and O–H groups in total. The first kappa shape index (κ1) is 16.2. The van der Waals surface area contributed by atoms with Crippen LogP contribution in [-0.4, -0.2) is 16.8 Å². The van der Waals surface area contributed by atoms with E-state index in [0.29, 0.717) is 16.3 Å². The second-order valence-corrected chi connectivity index (χ2v) is 7.03. The molecule has 0 saturated carbocycles. The summed E-state index contributed by atoms with van der Waals surface area (Å²) in [5, 5.41) is 6.42. The average molecular weight is 317 g/mol. The molecule has 2 rings (SSSR count).